The molecule has 0 aliphatic carbocycles. The summed E-state index contributed by atoms with van der Waals surface area (Å²) < 4.78 is 50.1. The Labute approximate surface area is 571 Å². The molecule has 0 aliphatic heterocycles. The molecule has 548 valence electrons. The molecule has 4 aromatic rings. The van der Waals surface area contributed by atoms with Crippen molar-refractivity contribution in [1.82, 2.24) is 0 Å². The van der Waals surface area contributed by atoms with E-state index in [0.717, 1.165) is 128 Å². The normalized spacial score (nSPS) is 12.3. The van der Waals surface area contributed by atoms with Gasteiger partial charge in [-0.3, -0.25) is 0 Å². The fraction of sp³-hybridized carbons (Fsp3) is 0.676. The lowest BCUT2D eigenvalue weighted by atomic mass is 10.0. The molecule has 4 heterocycles. The molecule has 4 aromatic heterocycles. The summed E-state index contributed by atoms with van der Waals surface area (Å²) in [6.45, 7) is 27.9. The van der Waals surface area contributed by atoms with Gasteiger partial charge in [0.25, 0.3) is 0 Å². The highest BCUT2D eigenvalue weighted by molar-refractivity contribution is 5.92. The molecule has 22 nitrogen and oxygen atoms in total. The average Bonchev–Trinajstić information content (AvgIpc) is 2.11. The number of hydrogen-bond acceptors (Lipinski definition) is 20. The zero-order valence-corrected chi connectivity index (χ0v) is 60.4. The van der Waals surface area contributed by atoms with Crippen molar-refractivity contribution in [3.05, 3.63) is 94.6 Å². The number of aromatic carboxylic acids is 2. The molecule has 0 bridgehead atoms. The summed E-state index contributed by atoms with van der Waals surface area (Å²) in [7, 11) is 2.45. The molecular formula is C74H120O22. The minimum absolute atomic E-state index is 0.0251. The third kappa shape index (κ3) is 41.0. The van der Waals surface area contributed by atoms with Gasteiger partial charge in [-0.1, -0.05) is 199 Å². The molecule has 4 N–H and O–H groups in total. The maximum Gasteiger partial charge on any atom is 0.374 e. The van der Waals surface area contributed by atoms with E-state index in [-0.39, 0.29) is 46.1 Å². The van der Waals surface area contributed by atoms with E-state index in [1.54, 1.807) is 0 Å². The lowest BCUT2D eigenvalue weighted by molar-refractivity contribution is 0.0342. The van der Waals surface area contributed by atoms with Crippen LogP contribution in [0.5, 0.6) is 0 Å². The number of carbonyl (C=O) groups is 8. The number of carboxylic acids is 2. The number of carbonyl (C=O) groups excluding carboxylic acids is 6. The van der Waals surface area contributed by atoms with Crippen LogP contribution in [0.3, 0.4) is 0 Å². The van der Waals surface area contributed by atoms with E-state index in [1.165, 1.54) is 89.1 Å². The quantitative estimate of drug-likeness (QED) is 0.0236. The number of carboxylic acid groups (broad SMARTS) is 2. The van der Waals surface area contributed by atoms with Crippen molar-refractivity contribution in [2.75, 3.05) is 53.9 Å². The van der Waals surface area contributed by atoms with Crippen LogP contribution in [0.4, 0.5) is 0 Å². The standard InChI is InChI=1S/2C22H36O5.C8H8O5.2C8H18O.C6H4O5/c2*1-5-9-11-17(7-3)15-25-21(23)19-13-14-20(27-19)22(24)26-16-18(8-4)12-10-6-2;1-11-7(9)5-3-4-6(13-5)8(10)12-2;2*1-3-5-6-8(4-2)7-9;7-5(8)3-1-2-4(11-3)6(9)10/h2*13-14,17-18H,5-12,15-16H2,1-4H3;3-4H,1-2H3;2*8-9H,3-7H2,1-2H3;1-2H,(H,7,8)(H,9,10). The molecule has 0 aliphatic rings. The van der Waals surface area contributed by atoms with Crippen molar-refractivity contribution in [1.29, 1.82) is 0 Å². The van der Waals surface area contributed by atoms with E-state index in [4.69, 9.17) is 52.6 Å². The van der Waals surface area contributed by atoms with Crippen LogP contribution in [-0.2, 0) is 28.4 Å². The van der Waals surface area contributed by atoms with Crippen LogP contribution in [0.15, 0.2) is 66.2 Å². The Morgan fingerprint density at radius 2 is 0.479 bits per heavy atom. The van der Waals surface area contributed by atoms with E-state index in [1.807, 2.05) is 0 Å². The SMILES string of the molecule is CCCCC(CC)CO.CCCCC(CC)CO.CCCCC(CC)COC(=O)c1ccc(C(=O)OCC(CC)CCCC)o1.CCCCC(CC)COC(=O)c1ccc(C(=O)OCC(CC)CCCC)o1.COC(=O)c1ccc(C(=O)OC)o1.O=C(O)c1ccc(C(=O)O)o1. The number of esters is 6. The molecule has 0 fully saturated rings. The molecule has 0 amide bonds. The van der Waals surface area contributed by atoms with Crippen molar-refractivity contribution in [2.45, 2.75) is 237 Å². The number of hydrogen-bond donors (Lipinski definition) is 4. The Morgan fingerprint density at radius 3 is 0.635 bits per heavy atom. The summed E-state index contributed by atoms with van der Waals surface area (Å²) in [5.41, 5.74) is 0. The average molecular weight is 1360 g/mol. The monoisotopic (exact) mass is 1360 g/mol. The molecule has 0 aromatic carbocycles. The first-order valence-corrected chi connectivity index (χ1v) is 35.0. The van der Waals surface area contributed by atoms with Gasteiger partial charge in [-0.05, 0) is 123 Å². The molecular weight excluding hydrogens is 1240 g/mol. The second-order valence-electron chi connectivity index (χ2n) is 23.5. The Balaban J connectivity index is 0. The largest absolute Gasteiger partial charge is 0.475 e. The van der Waals surface area contributed by atoms with Crippen molar-refractivity contribution in [3.63, 3.8) is 0 Å². The summed E-state index contributed by atoms with van der Waals surface area (Å²) in [6.07, 6.45) is 26.8. The molecule has 0 saturated carbocycles. The summed E-state index contributed by atoms with van der Waals surface area (Å²) in [5, 5.41) is 34.1. The molecule has 0 saturated heterocycles. The Morgan fingerprint density at radius 1 is 0.302 bits per heavy atom. The minimum atomic E-state index is -1.28. The van der Waals surface area contributed by atoms with Crippen LogP contribution in [0, 0.1) is 35.5 Å². The summed E-state index contributed by atoms with van der Waals surface area (Å²) >= 11 is 0. The molecule has 0 radical (unpaired) electrons. The lowest BCUT2D eigenvalue weighted by Gasteiger charge is -2.14. The van der Waals surface area contributed by atoms with Crippen molar-refractivity contribution < 1.29 is 105 Å². The maximum absolute atomic E-state index is 12.1. The van der Waals surface area contributed by atoms with E-state index in [2.05, 4.69) is 97.0 Å². The van der Waals surface area contributed by atoms with Crippen LogP contribution in [0.1, 0.15) is 322 Å². The highest BCUT2D eigenvalue weighted by Crippen LogP contribution is 2.21. The van der Waals surface area contributed by atoms with Crippen LogP contribution in [0.25, 0.3) is 0 Å². The zero-order chi connectivity index (χ0) is 72.6. The van der Waals surface area contributed by atoms with Crippen LogP contribution < -0.4 is 0 Å². The number of furan rings is 4. The number of unbranched alkanes of at least 4 members (excludes halogenated alkanes) is 6. The first-order chi connectivity index (χ1) is 46.1. The van der Waals surface area contributed by atoms with Gasteiger partial charge in [0.05, 0.1) is 40.6 Å². The van der Waals surface area contributed by atoms with Crippen LogP contribution in [-0.4, -0.2) is 122 Å². The fourth-order valence-electron chi connectivity index (χ4n) is 8.93. The smallest absolute Gasteiger partial charge is 0.374 e. The zero-order valence-electron chi connectivity index (χ0n) is 60.4. The Bertz CT molecular complexity index is 2380. The maximum atomic E-state index is 12.1. The predicted molar refractivity (Wildman–Crippen MR) is 367 cm³/mol. The van der Waals surface area contributed by atoms with Gasteiger partial charge in [0.15, 0.2) is 0 Å². The van der Waals surface area contributed by atoms with E-state index < -0.39 is 47.8 Å². The number of rotatable bonds is 42. The van der Waals surface area contributed by atoms with Gasteiger partial charge in [0.1, 0.15) is 0 Å². The van der Waals surface area contributed by atoms with Gasteiger partial charge in [-0.2, -0.15) is 0 Å². The fourth-order valence-corrected chi connectivity index (χ4v) is 8.93. The van der Waals surface area contributed by atoms with Crippen LogP contribution in [0.2, 0.25) is 0 Å². The van der Waals surface area contributed by atoms with Crippen LogP contribution >= 0.6 is 0 Å². The van der Waals surface area contributed by atoms with E-state index in [0.29, 0.717) is 75.1 Å². The van der Waals surface area contributed by atoms with Crippen molar-refractivity contribution in [2.24, 2.45) is 35.5 Å². The van der Waals surface area contributed by atoms with Gasteiger partial charge >= 0.3 is 47.8 Å². The number of aliphatic hydroxyl groups excluding tert-OH is 2. The van der Waals surface area contributed by atoms with Gasteiger partial charge < -0.3 is 66.5 Å². The van der Waals surface area contributed by atoms with E-state index in [9.17, 15) is 38.4 Å². The Hall–Kier alpha value is -7.20. The summed E-state index contributed by atoms with van der Waals surface area (Å²) in [5.74, 6) is -3.97. The first kappa shape index (κ1) is 90.9. The second kappa shape index (κ2) is 58.0. The first-order valence-electron chi connectivity index (χ1n) is 35.0. The second-order valence-corrected chi connectivity index (χ2v) is 23.5. The highest BCUT2D eigenvalue weighted by Gasteiger charge is 2.23. The highest BCUT2D eigenvalue weighted by atomic mass is 16.6. The summed E-state index contributed by atoms with van der Waals surface area (Å²) in [4.78, 5) is 90.6. The Kier molecular flexibility index (Phi) is 54.9. The van der Waals surface area contributed by atoms with E-state index >= 15 is 0 Å². The summed E-state index contributed by atoms with van der Waals surface area (Å²) in [6, 6.07) is 10.8. The van der Waals surface area contributed by atoms with Gasteiger partial charge in [0.2, 0.25) is 46.1 Å². The van der Waals surface area contributed by atoms with Gasteiger partial charge in [-0.25, -0.2) is 38.4 Å². The lowest BCUT2D eigenvalue weighted by Crippen LogP contribution is -2.14. The molecule has 0 spiro atoms. The van der Waals surface area contributed by atoms with Crippen molar-refractivity contribution in [3.8, 4) is 0 Å². The van der Waals surface area contributed by atoms with Gasteiger partial charge in [-0.15, -0.1) is 0 Å². The molecule has 96 heavy (non-hydrogen) atoms. The predicted octanol–water partition coefficient (Wildman–Crippen LogP) is 18.0. The molecule has 22 heteroatoms. The topological polar surface area (TPSA) is 325 Å². The number of methoxy groups -OCH3 is 2. The minimum Gasteiger partial charge on any atom is -0.475 e. The third-order valence-electron chi connectivity index (χ3n) is 16.0. The number of ether oxygens (including phenoxy) is 6. The number of aliphatic hydroxyl groups is 2. The molecule has 4 rings (SSSR count). The molecule has 6 atom stereocenters. The van der Waals surface area contributed by atoms with Crippen molar-refractivity contribution >= 4 is 47.8 Å². The van der Waals surface area contributed by atoms with Gasteiger partial charge in [0, 0.05) is 13.2 Å². The third-order valence-corrected chi connectivity index (χ3v) is 16.0. The molecule has 6 unspecified atom stereocenters.